The second-order valence-electron chi connectivity index (χ2n) is 6.48. The zero-order valence-corrected chi connectivity index (χ0v) is 14.8. The van der Waals surface area contributed by atoms with Crippen LogP contribution in [-0.2, 0) is 16.3 Å². The lowest BCUT2D eigenvalue weighted by Crippen LogP contribution is -2.40. The predicted octanol–water partition coefficient (Wildman–Crippen LogP) is 2.43. The molecule has 1 fully saturated rings. The molecule has 0 radical (unpaired) electrons. The summed E-state index contributed by atoms with van der Waals surface area (Å²) in [6.07, 6.45) is 0.626. The number of nitrogens with one attached hydrogen (secondary N) is 1. The van der Waals surface area contributed by atoms with Crippen molar-refractivity contribution in [2.45, 2.75) is 45.8 Å². The lowest BCUT2D eigenvalue weighted by molar-refractivity contribution is 0.0509. The van der Waals surface area contributed by atoms with Crippen LogP contribution in [0.2, 0.25) is 0 Å². The van der Waals surface area contributed by atoms with Gasteiger partial charge in [0.1, 0.15) is 5.60 Å². The molecule has 1 aromatic rings. The van der Waals surface area contributed by atoms with Crippen LogP contribution in [0.1, 0.15) is 32.8 Å². The highest BCUT2D eigenvalue weighted by Gasteiger charge is 2.26. The van der Waals surface area contributed by atoms with E-state index in [1.807, 2.05) is 20.8 Å². The van der Waals surface area contributed by atoms with E-state index in [0.29, 0.717) is 0 Å². The Kier molecular flexibility index (Phi) is 7.22. The van der Waals surface area contributed by atoms with Gasteiger partial charge in [-0.1, -0.05) is 12.1 Å². The summed E-state index contributed by atoms with van der Waals surface area (Å²) >= 11 is -0.750. The number of nitrogens with zero attached hydrogens (tertiary/aromatic N) is 1. The van der Waals surface area contributed by atoms with E-state index in [-0.39, 0.29) is 12.1 Å². The Balaban J connectivity index is 0.000000816. The highest BCUT2D eigenvalue weighted by molar-refractivity contribution is 7.51. The molecular weight excluding hydrogens is 316 g/mol. The van der Waals surface area contributed by atoms with Crippen LogP contribution in [0, 0.1) is 6.92 Å². The third-order valence-corrected chi connectivity index (χ3v) is 3.28. The maximum atomic E-state index is 11.8. The number of ether oxygens (including phenoxy) is 1. The van der Waals surface area contributed by atoms with Gasteiger partial charge in [-0.25, -0.2) is 4.79 Å². The first kappa shape index (κ1) is 19.2. The number of amides is 1. The molecule has 0 spiro atoms. The molecule has 1 aliphatic rings. The topological polar surface area (TPSA) is 75.7 Å². The van der Waals surface area contributed by atoms with Crippen LogP contribution in [0.25, 0.3) is 0 Å². The van der Waals surface area contributed by atoms with Crippen molar-refractivity contribution in [1.82, 2.24) is 5.32 Å². The van der Waals surface area contributed by atoms with E-state index in [1.165, 1.54) is 11.3 Å². The Morgan fingerprint density at radius 1 is 1.35 bits per heavy atom. The third-order valence-electron chi connectivity index (χ3n) is 3.28. The summed E-state index contributed by atoms with van der Waals surface area (Å²) in [5.41, 5.74) is 2.03. The van der Waals surface area contributed by atoms with Crippen molar-refractivity contribution >= 4 is 23.4 Å². The first-order valence-corrected chi connectivity index (χ1v) is 8.14. The molecule has 1 heterocycles. The molecule has 7 heteroatoms. The van der Waals surface area contributed by atoms with Crippen molar-refractivity contribution in [2.75, 3.05) is 18.0 Å². The fraction of sp³-hybridized carbons (Fsp3) is 0.562. The van der Waals surface area contributed by atoms with Crippen LogP contribution in [0.5, 0.6) is 0 Å². The van der Waals surface area contributed by atoms with Gasteiger partial charge in [0.2, 0.25) is 0 Å². The lowest BCUT2D eigenvalue weighted by atomic mass is 10.2. The predicted molar refractivity (Wildman–Crippen MR) is 90.1 cm³/mol. The fourth-order valence-corrected chi connectivity index (χ4v) is 2.41. The van der Waals surface area contributed by atoms with E-state index in [9.17, 15) is 4.79 Å². The quantitative estimate of drug-likeness (QED) is 0.895. The van der Waals surface area contributed by atoms with E-state index < -0.39 is 17.2 Å². The van der Waals surface area contributed by atoms with Crippen molar-refractivity contribution < 1.29 is 17.9 Å². The molecule has 1 amide bonds. The van der Waals surface area contributed by atoms with Gasteiger partial charge in [0.15, 0.2) is 0 Å². The van der Waals surface area contributed by atoms with Gasteiger partial charge >= 0.3 is 17.7 Å². The first-order chi connectivity index (χ1) is 10.7. The van der Waals surface area contributed by atoms with Gasteiger partial charge in [0.05, 0.1) is 6.04 Å². The molecule has 1 aromatic carbocycles. The molecule has 128 valence electrons. The van der Waals surface area contributed by atoms with E-state index >= 15 is 0 Å². The molecule has 1 N–H and O–H groups in total. The van der Waals surface area contributed by atoms with Crippen LogP contribution in [0.4, 0.5) is 10.5 Å². The van der Waals surface area contributed by atoms with Crippen molar-refractivity contribution in [1.29, 1.82) is 0 Å². The molecule has 23 heavy (non-hydrogen) atoms. The highest BCUT2D eigenvalue weighted by atomic mass is 32.1. The van der Waals surface area contributed by atoms with Gasteiger partial charge in [-0.15, -0.1) is 0 Å². The van der Waals surface area contributed by atoms with E-state index in [0.717, 1.165) is 19.5 Å². The number of hydrogen-bond acceptors (Lipinski definition) is 5. The number of carbonyl (C=O) groups is 1. The summed E-state index contributed by atoms with van der Waals surface area (Å²) in [5, 5.41) is 2.95. The minimum Gasteiger partial charge on any atom is -0.444 e. The van der Waals surface area contributed by atoms with Crippen molar-refractivity contribution in [2.24, 2.45) is 0 Å². The van der Waals surface area contributed by atoms with Crippen molar-refractivity contribution in [3.05, 3.63) is 29.8 Å². The summed E-state index contributed by atoms with van der Waals surface area (Å²) in [6.45, 7) is 9.52. The second-order valence-corrected chi connectivity index (χ2v) is 6.62. The zero-order chi connectivity index (χ0) is 17.5. The Morgan fingerprint density at radius 2 is 2.00 bits per heavy atom. The molecule has 1 aliphatic heterocycles. The maximum absolute atomic E-state index is 11.8. The minimum absolute atomic E-state index is 0.158. The Bertz CT molecular complexity index is 565. The van der Waals surface area contributed by atoms with Crippen LogP contribution in [-0.4, -0.2) is 39.2 Å². The maximum Gasteiger partial charge on any atom is 0.407 e. The molecule has 0 aliphatic carbocycles. The number of carbonyl (C=O) groups excluding carboxylic acids is 1. The van der Waals surface area contributed by atoms with Gasteiger partial charge in [-0.05, 0) is 51.8 Å². The van der Waals surface area contributed by atoms with Crippen LogP contribution in [0.15, 0.2) is 24.3 Å². The summed E-state index contributed by atoms with van der Waals surface area (Å²) in [6, 6.07) is 8.61. The van der Waals surface area contributed by atoms with Gasteiger partial charge < -0.3 is 15.0 Å². The average molecular weight is 340 g/mol. The normalized spacial score (nSPS) is 17.0. The third kappa shape index (κ3) is 7.27. The largest absolute Gasteiger partial charge is 0.444 e. The van der Waals surface area contributed by atoms with Gasteiger partial charge in [0, 0.05) is 18.8 Å². The molecule has 0 unspecified atom stereocenters. The minimum atomic E-state index is -0.750. The average Bonchev–Trinajstić information content (AvgIpc) is 2.85. The molecule has 0 aromatic heterocycles. The number of rotatable bonds is 2. The van der Waals surface area contributed by atoms with E-state index in [1.54, 1.807) is 0 Å². The number of hydrogen-bond donors (Lipinski definition) is 1. The van der Waals surface area contributed by atoms with Gasteiger partial charge in [-0.3, -0.25) is 0 Å². The number of benzene rings is 1. The first-order valence-electron chi connectivity index (χ1n) is 7.48. The number of anilines is 1. The molecule has 6 nitrogen and oxygen atoms in total. The number of aryl methyl sites for hydroxylation is 1. The summed E-state index contributed by atoms with van der Waals surface area (Å²) in [5.74, 6) is 0. The summed E-state index contributed by atoms with van der Waals surface area (Å²) < 4.78 is 21.9. The Morgan fingerprint density at radius 3 is 2.57 bits per heavy atom. The van der Waals surface area contributed by atoms with Gasteiger partial charge in [0.25, 0.3) is 0 Å². The highest BCUT2D eigenvalue weighted by Crippen LogP contribution is 2.21. The molecule has 1 atom stereocenters. The molecule has 2 rings (SSSR count). The smallest absolute Gasteiger partial charge is 0.407 e. The van der Waals surface area contributed by atoms with E-state index in [4.69, 9.17) is 13.2 Å². The fourth-order valence-electron chi connectivity index (χ4n) is 2.41. The zero-order valence-electron chi connectivity index (χ0n) is 14.0. The standard InChI is InChI=1S/C16H24N2O2.O2S/c1-12-6-5-7-14(10-12)18-9-8-13(11-18)17-15(19)20-16(2,3)4;1-3-2/h5-7,10,13H,8-9,11H2,1-4H3,(H,17,19);/t13-;/m1./s1. The molecular formula is C16H24N2O4S. The molecule has 0 saturated carbocycles. The van der Waals surface area contributed by atoms with Crippen molar-refractivity contribution in [3.63, 3.8) is 0 Å². The van der Waals surface area contributed by atoms with Crippen LogP contribution >= 0.6 is 0 Å². The van der Waals surface area contributed by atoms with Crippen LogP contribution < -0.4 is 10.2 Å². The molecule has 1 saturated heterocycles. The SMILES string of the molecule is Cc1cccc(N2CC[C@@H](NC(=O)OC(C)(C)C)C2)c1.O=S=O. The van der Waals surface area contributed by atoms with E-state index in [2.05, 4.69) is 41.4 Å². The summed E-state index contributed by atoms with van der Waals surface area (Å²) in [7, 11) is 0. The van der Waals surface area contributed by atoms with Crippen LogP contribution in [0.3, 0.4) is 0 Å². The Labute approximate surface area is 140 Å². The Hall–Kier alpha value is -1.89. The summed E-state index contributed by atoms with van der Waals surface area (Å²) in [4.78, 5) is 14.1. The van der Waals surface area contributed by atoms with Crippen molar-refractivity contribution in [3.8, 4) is 0 Å². The monoisotopic (exact) mass is 340 g/mol. The number of alkyl carbamates (subject to hydrolysis) is 1. The lowest BCUT2D eigenvalue weighted by Gasteiger charge is -2.22. The molecule has 0 bridgehead atoms. The second kappa shape index (κ2) is 8.67. The van der Waals surface area contributed by atoms with Gasteiger partial charge in [-0.2, -0.15) is 8.42 Å².